The van der Waals surface area contributed by atoms with Crippen LogP contribution < -0.4 is 31.5 Å². The Hall–Kier alpha value is -8.48. The van der Waals surface area contributed by atoms with Gasteiger partial charge in [0, 0.05) is 96.8 Å². The number of rotatable bonds is 11. The summed E-state index contributed by atoms with van der Waals surface area (Å²) in [4.78, 5) is 42.3. The molecule has 2 saturated heterocycles. The minimum atomic E-state index is -4.55. The number of aromatic nitrogens is 10. The zero-order valence-corrected chi connectivity index (χ0v) is 40.2. The van der Waals surface area contributed by atoms with Crippen molar-refractivity contribution < 1.29 is 26.3 Å². The molecule has 0 bridgehead atoms. The number of aromatic amines is 2. The van der Waals surface area contributed by atoms with Crippen molar-refractivity contribution in [2.24, 2.45) is 0 Å². The molecule has 1 unspecified atom stereocenters. The molecule has 8 aromatic heterocycles. The standard InChI is InChI=1S/C26H26F3N9.C24H22F3N9/c1-14-12-38(13-15(2)35-14)22-5-4-17(8-31-22)16(3)36-25-34-9-18(7-30)23(37-25)21-11-33-24-20(21)6-19(10-32-24)26(27,28)29;1-13(14-2-3-20(30-8-14)35-17-4-5-29-11-17)34-23-33-9-15(7-28)21(36-23)19-12-32-22-18(19)6-16(10-31-22)24(25,26)27/h4-6,8-11,14-16,35H,12-13H2,1-3H3,(H,32,33)(H,34,36,37);2-3,6,8-10,12-13,17,29H,4-5,11H2,1H3,(H,30,35)(H,31,32)(H,33,34,36)/t14-,15+,16-;13?,17-/m10/s1. The zero-order chi connectivity index (χ0) is 52.3. The number of alkyl halides is 6. The molecule has 74 heavy (non-hydrogen) atoms. The normalized spacial score (nSPS) is 17.7. The summed E-state index contributed by atoms with van der Waals surface area (Å²) < 4.78 is 79.6. The monoisotopic (exact) mass is 1010 g/mol. The van der Waals surface area contributed by atoms with Gasteiger partial charge < -0.3 is 41.5 Å². The predicted octanol–water partition coefficient (Wildman–Crippen LogP) is 8.92. The summed E-state index contributed by atoms with van der Waals surface area (Å²) in [5.41, 5.74) is 1.90. The summed E-state index contributed by atoms with van der Waals surface area (Å²) in [5, 5.41) is 36.2. The topological polar surface area (TPSA) is 246 Å². The number of nitriles is 2. The van der Waals surface area contributed by atoms with Gasteiger partial charge in [-0.05, 0) is 76.1 Å². The predicted molar refractivity (Wildman–Crippen MR) is 265 cm³/mol. The summed E-state index contributed by atoms with van der Waals surface area (Å²) in [6, 6.07) is 14.5. The van der Waals surface area contributed by atoms with E-state index in [1.807, 2.05) is 50.3 Å². The molecule has 5 atom stereocenters. The van der Waals surface area contributed by atoms with Gasteiger partial charge in [0.1, 0.15) is 35.1 Å². The molecule has 18 nitrogen and oxygen atoms in total. The fourth-order valence-electron chi connectivity index (χ4n) is 8.83. The number of H-pyrrole nitrogens is 2. The van der Waals surface area contributed by atoms with E-state index in [0.29, 0.717) is 29.3 Å². The van der Waals surface area contributed by atoms with Gasteiger partial charge in [0.05, 0.1) is 58.1 Å². The number of anilines is 4. The van der Waals surface area contributed by atoms with E-state index < -0.39 is 23.5 Å². The Bertz CT molecular complexity index is 3340. The summed E-state index contributed by atoms with van der Waals surface area (Å²) in [6.45, 7) is 11.8. The first-order valence-corrected chi connectivity index (χ1v) is 23.5. The minimum absolute atomic E-state index is 0.130. The van der Waals surface area contributed by atoms with Crippen LogP contribution in [0.2, 0.25) is 0 Å². The second kappa shape index (κ2) is 20.9. The second-order valence-electron chi connectivity index (χ2n) is 18.1. The summed E-state index contributed by atoms with van der Waals surface area (Å²) in [6.07, 6.45) is 2.73. The number of nitrogens with zero attached hydrogens (tertiary/aromatic N) is 11. The molecule has 7 N–H and O–H groups in total. The van der Waals surface area contributed by atoms with Crippen molar-refractivity contribution in [1.29, 1.82) is 10.5 Å². The molecule has 8 aromatic rings. The lowest BCUT2D eigenvalue weighted by atomic mass is 10.1. The third-order valence-electron chi connectivity index (χ3n) is 12.6. The van der Waals surface area contributed by atoms with Gasteiger partial charge in [0.15, 0.2) is 0 Å². The van der Waals surface area contributed by atoms with Gasteiger partial charge in [-0.1, -0.05) is 12.1 Å². The molecule has 380 valence electrons. The fraction of sp³-hybridized carbons (Fsp3) is 0.320. The van der Waals surface area contributed by atoms with Crippen LogP contribution in [0.5, 0.6) is 0 Å². The number of pyridine rings is 4. The van der Waals surface area contributed by atoms with E-state index in [1.54, 1.807) is 12.4 Å². The lowest BCUT2D eigenvalue weighted by Crippen LogP contribution is -2.54. The zero-order valence-electron chi connectivity index (χ0n) is 40.2. The third-order valence-corrected chi connectivity index (χ3v) is 12.6. The number of nitrogens with one attached hydrogen (secondary N) is 7. The quantitative estimate of drug-likeness (QED) is 0.0598. The second-order valence-corrected chi connectivity index (χ2v) is 18.1. The highest BCUT2D eigenvalue weighted by Gasteiger charge is 2.33. The lowest BCUT2D eigenvalue weighted by molar-refractivity contribution is -0.138. The van der Waals surface area contributed by atoms with Crippen molar-refractivity contribution in [1.82, 2.24) is 60.5 Å². The maximum atomic E-state index is 13.3. The van der Waals surface area contributed by atoms with Gasteiger partial charge in [-0.2, -0.15) is 36.9 Å². The number of piperazine rings is 1. The average Bonchev–Trinajstić information content (AvgIpc) is 4.16. The van der Waals surface area contributed by atoms with Gasteiger partial charge in [-0.15, -0.1) is 0 Å². The highest BCUT2D eigenvalue weighted by molar-refractivity contribution is 5.95. The minimum Gasteiger partial charge on any atom is -0.366 e. The average molecular weight is 1020 g/mol. The first-order chi connectivity index (χ1) is 35.4. The molecule has 0 spiro atoms. The van der Waals surface area contributed by atoms with Crippen LogP contribution in [0.1, 0.15) is 79.6 Å². The van der Waals surface area contributed by atoms with Crippen LogP contribution in [-0.2, 0) is 12.4 Å². The lowest BCUT2D eigenvalue weighted by Gasteiger charge is -2.37. The summed E-state index contributed by atoms with van der Waals surface area (Å²) >= 11 is 0. The van der Waals surface area contributed by atoms with E-state index in [2.05, 4.69) is 95.2 Å². The van der Waals surface area contributed by atoms with E-state index in [-0.39, 0.29) is 68.6 Å². The van der Waals surface area contributed by atoms with Crippen molar-refractivity contribution >= 4 is 45.6 Å². The first kappa shape index (κ1) is 50.5. The van der Waals surface area contributed by atoms with Crippen LogP contribution in [0.3, 0.4) is 0 Å². The van der Waals surface area contributed by atoms with Crippen LogP contribution in [0, 0.1) is 22.7 Å². The maximum absolute atomic E-state index is 13.3. The smallest absolute Gasteiger partial charge is 0.366 e. The van der Waals surface area contributed by atoms with Crippen molar-refractivity contribution in [3.05, 3.63) is 119 Å². The Kier molecular flexibility index (Phi) is 14.3. The van der Waals surface area contributed by atoms with Gasteiger partial charge >= 0.3 is 12.4 Å². The van der Waals surface area contributed by atoms with Crippen molar-refractivity contribution in [2.75, 3.05) is 47.0 Å². The van der Waals surface area contributed by atoms with E-state index in [4.69, 9.17) is 0 Å². The summed E-state index contributed by atoms with van der Waals surface area (Å²) in [5.74, 6) is 2.16. The molecule has 0 radical (unpaired) electrons. The van der Waals surface area contributed by atoms with Crippen LogP contribution in [0.4, 0.5) is 49.9 Å². The number of hydrogen-bond donors (Lipinski definition) is 7. The Morgan fingerprint density at radius 1 is 0.662 bits per heavy atom. The molecule has 10 rings (SSSR count). The van der Waals surface area contributed by atoms with Gasteiger partial charge in [-0.25, -0.2) is 39.9 Å². The number of fused-ring (bicyclic) bond motifs is 2. The van der Waals surface area contributed by atoms with Gasteiger partial charge in [-0.3, -0.25) is 0 Å². The fourth-order valence-corrected chi connectivity index (χ4v) is 8.83. The molecule has 10 heterocycles. The molecular weight excluding hydrogens is 967 g/mol. The summed E-state index contributed by atoms with van der Waals surface area (Å²) in [7, 11) is 0. The van der Waals surface area contributed by atoms with Crippen molar-refractivity contribution in [2.45, 2.75) is 76.7 Å². The number of halogens is 6. The van der Waals surface area contributed by atoms with E-state index >= 15 is 0 Å². The molecule has 0 saturated carbocycles. The van der Waals surface area contributed by atoms with Crippen LogP contribution in [0.25, 0.3) is 44.6 Å². The van der Waals surface area contributed by atoms with Gasteiger partial charge in [0.2, 0.25) is 11.9 Å². The Morgan fingerprint density at radius 2 is 1.18 bits per heavy atom. The highest BCUT2D eigenvalue weighted by atomic mass is 19.4. The van der Waals surface area contributed by atoms with Crippen molar-refractivity contribution in [3.63, 3.8) is 0 Å². The molecule has 2 aliphatic rings. The third kappa shape index (κ3) is 11.3. The van der Waals surface area contributed by atoms with Gasteiger partial charge in [0.25, 0.3) is 0 Å². The molecule has 0 aromatic carbocycles. The Balaban J connectivity index is 0.000000182. The van der Waals surface area contributed by atoms with Crippen molar-refractivity contribution in [3.8, 4) is 34.7 Å². The maximum Gasteiger partial charge on any atom is 0.417 e. The Morgan fingerprint density at radius 3 is 1.61 bits per heavy atom. The van der Waals surface area contributed by atoms with E-state index in [9.17, 15) is 36.9 Å². The molecule has 0 aliphatic carbocycles. The van der Waals surface area contributed by atoms with E-state index in [0.717, 1.165) is 79.9 Å². The van der Waals surface area contributed by atoms with E-state index in [1.165, 1.54) is 24.8 Å². The van der Waals surface area contributed by atoms with Crippen LogP contribution >= 0.6 is 0 Å². The molecular formula is C50H48F6N18. The molecule has 24 heteroatoms. The van der Waals surface area contributed by atoms with Crippen LogP contribution in [0.15, 0.2) is 86.0 Å². The number of hydrogen-bond acceptors (Lipinski definition) is 16. The molecule has 0 amide bonds. The SMILES string of the molecule is CC(Nc1ncc(C#N)c(-c2c[nH]c3ncc(C(F)(F)F)cc23)n1)c1ccc(N[C@H]2CCNC2)nc1.C[C@@H]1CN(c2ccc([C@@H](C)Nc3ncc(C#N)c(-c4c[nH]c5ncc(C(F)(F)F)cc45)n3)cn2)C[C@H](C)N1. The molecule has 2 aliphatic heterocycles. The first-order valence-electron chi connectivity index (χ1n) is 23.5. The Labute approximate surface area is 419 Å². The van der Waals surface area contributed by atoms with Crippen LogP contribution in [-0.4, -0.2) is 94.1 Å². The largest absolute Gasteiger partial charge is 0.417 e. The molecule has 2 fully saturated rings. The highest BCUT2D eigenvalue weighted by Crippen LogP contribution is 2.37.